The van der Waals surface area contributed by atoms with Crippen LogP contribution in [0.4, 0.5) is 0 Å². The van der Waals surface area contributed by atoms with Crippen LogP contribution in [-0.2, 0) is 4.57 Å². The molecule has 0 aliphatic carbocycles. The molecule has 0 aromatic heterocycles. The van der Waals surface area contributed by atoms with Gasteiger partial charge in [-0.05, 0) is 34.4 Å². The van der Waals surface area contributed by atoms with Crippen LogP contribution in [0.25, 0.3) is 21.5 Å². The zero-order valence-corrected chi connectivity index (χ0v) is 10.8. The van der Waals surface area contributed by atoms with Crippen molar-refractivity contribution in [3.8, 4) is 5.75 Å². The van der Waals surface area contributed by atoms with E-state index in [-0.39, 0.29) is 0 Å². The predicted molar refractivity (Wildman–Crippen MR) is 75.2 cm³/mol. The summed E-state index contributed by atoms with van der Waals surface area (Å²) >= 11 is 0. The van der Waals surface area contributed by atoms with Crippen LogP contribution >= 0.6 is 8.25 Å². The zero-order valence-electron chi connectivity index (χ0n) is 9.89. The van der Waals surface area contributed by atoms with Crippen LogP contribution in [0.3, 0.4) is 0 Å². The van der Waals surface area contributed by atoms with Crippen LogP contribution in [0.5, 0.6) is 5.75 Å². The Bertz CT molecular complexity index is 736. The van der Waals surface area contributed by atoms with Gasteiger partial charge in [-0.2, -0.15) is 0 Å². The minimum absolute atomic E-state index is 0.346. The Balaban J connectivity index is 0.000000297. The smallest absolute Gasteiger partial charge is 0.507 e. The summed E-state index contributed by atoms with van der Waals surface area (Å²) < 4.78 is 8.70. The minimum Gasteiger partial charge on any atom is -0.507 e. The molecule has 0 unspecified atom stereocenters. The van der Waals surface area contributed by atoms with Gasteiger partial charge < -0.3 is 5.11 Å². The highest BCUT2D eigenvalue weighted by atomic mass is 31.1. The molecule has 0 radical (unpaired) electrons. The summed E-state index contributed by atoms with van der Waals surface area (Å²) in [5, 5.41) is 14.1. The second kappa shape index (κ2) is 5.76. The SMILES string of the molecule is O=[P+](O)O.Oc1cccc2cc3ccccc3cc12. The Hall–Kier alpha value is -2.00. The van der Waals surface area contributed by atoms with E-state index in [4.69, 9.17) is 14.4 Å². The van der Waals surface area contributed by atoms with Crippen molar-refractivity contribution in [2.24, 2.45) is 0 Å². The Morgan fingerprint density at radius 1 is 0.789 bits per heavy atom. The summed E-state index contributed by atoms with van der Waals surface area (Å²) in [5.41, 5.74) is 0. The molecule has 0 fully saturated rings. The first-order valence-corrected chi connectivity index (χ1v) is 6.70. The van der Waals surface area contributed by atoms with E-state index in [0.29, 0.717) is 5.75 Å². The molecule has 3 N–H and O–H groups in total. The van der Waals surface area contributed by atoms with Gasteiger partial charge in [0.1, 0.15) is 5.75 Å². The van der Waals surface area contributed by atoms with E-state index >= 15 is 0 Å². The van der Waals surface area contributed by atoms with Gasteiger partial charge >= 0.3 is 8.25 Å². The largest absolute Gasteiger partial charge is 0.692 e. The van der Waals surface area contributed by atoms with Gasteiger partial charge in [0.15, 0.2) is 0 Å². The Morgan fingerprint density at radius 2 is 1.32 bits per heavy atom. The molecule has 0 saturated carbocycles. The highest BCUT2D eigenvalue weighted by Gasteiger charge is 2.00. The van der Waals surface area contributed by atoms with Crippen LogP contribution in [-0.4, -0.2) is 14.9 Å². The average molecular weight is 275 g/mol. The maximum Gasteiger partial charge on any atom is 0.692 e. The highest BCUT2D eigenvalue weighted by molar-refractivity contribution is 7.30. The van der Waals surface area contributed by atoms with Gasteiger partial charge in [-0.15, -0.1) is 9.79 Å². The van der Waals surface area contributed by atoms with Crippen LogP contribution in [0.1, 0.15) is 0 Å². The van der Waals surface area contributed by atoms with Crippen molar-refractivity contribution >= 4 is 29.8 Å². The molecule has 0 bridgehead atoms. The summed E-state index contributed by atoms with van der Waals surface area (Å²) in [6.07, 6.45) is 0. The third-order valence-corrected chi connectivity index (χ3v) is 2.72. The zero-order chi connectivity index (χ0) is 13.8. The number of phenols is 1. The van der Waals surface area contributed by atoms with E-state index in [1.165, 1.54) is 5.39 Å². The Kier molecular flexibility index (Phi) is 4.07. The molecular weight excluding hydrogens is 263 g/mol. The van der Waals surface area contributed by atoms with E-state index in [1.807, 2.05) is 30.3 Å². The number of aromatic hydroxyl groups is 1. The van der Waals surface area contributed by atoms with Crippen molar-refractivity contribution < 1.29 is 19.5 Å². The molecule has 3 aromatic rings. The second-order valence-electron chi connectivity index (χ2n) is 3.95. The summed E-state index contributed by atoms with van der Waals surface area (Å²) in [4.78, 5) is 14.2. The van der Waals surface area contributed by atoms with Crippen molar-refractivity contribution in [2.75, 3.05) is 0 Å². The third kappa shape index (κ3) is 3.26. The fourth-order valence-corrected chi connectivity index (χ4v) is 1.95. The van der Waals surface area contributed by atoms with Crippen LogP contribution in [0, 0.1) is 0 Å². The van der Waals surface area contributed by atoms with Gasteiger partial charge in [-0.25, -0.2) is 0 Å². The number of hydrogen-bond acceptors (Lipinski definition) is 2. The molecule has 3 rings (SSSR count). The average Bonchev–Trinajstić information content (AvgIpc) is 2.37. The molecular formula is C14H12O4P+. The van der Waals surface area contributed by atoms with Crippen molar-refractivity contribution in [3.05, 3.63) is 54.6 Å². The Labute approximate surface area is 110 Å². The molecule has 96 valence electrons. The fourth-order valence-electron chi connectivity index (χ4n) is 1.95. The number of rotatable bonds is 0. The molecule has 0 heterocycles. The van der Waals surface area contributed by atoms with E-state index in [2.05, 4.69) is 18.2 Å². The van der Waals surface area contributed by atoms with Crippen LogP contribution in [0.15, 0.2) is 54.6 Å². The van der Waals surface area contributed by atoms with Gasteiger partial charge in [0.05, 0.1) is 0 Å². The fraction of sp³-hybridized carbons (Fsp3) is 0. The maximum atomic E-state index is 9.73. The first kappa shape index (κ1) is 13.4. The third-order valence-electron chi connectivity index (χ3n) is 2.72. The van der Waals surface area contributed by atoms with Crippen molar-refractivity contribution in [2.45, 2.75) is 0 Å². The lowest BCUT2D eigenvalue weighted by atomic mass is 10.0. The van der Waals surface area contributed by atoms with E-state index in [1.54, 1.807) is 6.07 Å². The van der Waals surface area contributed by atoms with Crippen molar-refractivity contribution in [1.82, 2.24) is 0 Å². The molecule has 0 spiro atoms. The van der Waals surface area contributed by atoms with E-state index < -0.39 is 8.25 Å². The maximum absolute atomic E-state index is 9.73. The minimum atomic E-state index is -2.87. The lowest BCUT2D eigenvalue weighted by molar-refractivity contribution is 0.405. The molecule has 19 heavy (non-hydrogen) atoms. The first-order valence-electron chi connectivity index (χ1n) is 5.53. The molecule has 0 aliphatic rings. The van der Waals surface area contributed by atoms with Crippen molar-refractivity contribution in [3.63, 3.8) is 0 Å². The monoisotopic (exact) mass is 275 g/mol. The normalized spacial score (nSPS) is 10.0. The Morgan fingerprint density at radius 3 is 1.95 bits per heavy atom. The number of benzene rings is 3. The standard InChI is InChI=1S/C14H10O.HO3P/c15-14-7-3-6-12-8-10-4-1-2-5-11(10)9-13(12)14;1-4(2)3/h1-9,15H;(H-,1,2,3)/p+1. The van der Waals surface area contributed by atoms with Gasteiger partial charge in [-0.1, -0.05) is 36.4 Å². The quantitative estimate of drug-likeness (QED) is 0.434. The highest BCUT2D eigenvalue weighted by Crippen LogP contribution is 2.28. The second-order valence-corrected chi connectivity index (χ2v) is 4.46. The molecule has 0 amide bonds. The summed E-state index contributed by atoms with van der Waals surface area (Å²) in [5.74, 6) is 0.346. The lowest BCUT2D eigenvalue weighted by Gasteiger charge is -2.03. The number of fused-ring (bicyclic) bond motifs is 2. The number of hydrogen-bond donors (Lipinski definition) is 3. The summed E-state index contributed by atoms with van der Waals surface area (Å²) in [7, 11) is -2.87. The lowest BCUT2D eigenvalue weighted by Crippen LogP contribution is -1.76. The number of phenolic OH excluding ortho intramolecular Hbond substituents is 1. The van der Waals surface area contributed by atoms with Gasteiger partial charge in [0.2, 0.25) is 0 Å². The van der Waals surface area contributed by atoms with E-state index in [9.17, 15) is 5.11 Å². The van der Waals surface area contributed by atoms with Crippen LogP contribution in [0.2, 0.25) is 0 Å². The molecule has 0 aliphatic heterocycles. The molecule has 0 atom stereocenters. The predicted octanol–water partition coefficient (Wildman–Crippen LogP) is 3.33. The first-order chi connectivity index (χ1) is 9.08. The molecule has 3 aromatic carbocycles. The molecule has 4 nitrogen and oxygen atoms in total. The van der Waals surface area contributed by atoms with E-state index in [0.717, 1.165) is 16.2 Å². The van der Waals surface area contributed by atoms with Gasteiger partial charge in [0.25, 0.3) is 0 Å². The van der Waals surface area contributed by atoms with Gasteiger partial charge in [0, 0.05) is 9.95 Å². The van der Waals surface area contributed by atoms with Crippen LogP contribution < -0.4 is 0 Å². The summed E-state index contributed by atoms with van der Waals surface area (Å²) in [6.45, 7) is 0. The topological polar surface area (TPSA) is 77.8 Å². The summed E-state index contributed by atoms with van der Waals surface area (Å²) in [6, 6.07) is 17.9. The van der Waals surface area contributed by atoms with Gasteiger partial charge in [-0.3, -0.25) is 0 Å². The molecule has 5 heteroatoms. The molecule has 0 saturated heterocycles. The van der Waals surface area contributed by atoms with Crippen molar-refractivity contribution in [1.29, 1.82) is 0 Å².